The molecular formula is C40H29N5O10S4. The van der Waals surface area contributed by atoms with Gasteiger partial charge in [-0.1, -0.05) is 42.0 Å². The van der Waals surface area contributed by atoms with E-state index in [1.807, 2.05) is 19.1 Å². The van der Waals surface area contributed by atoms with Crippen LogP contribution < -0.4 is 18.1 Å². The minimum Gasteiger partial charge on any atom is -0.322 e. The van der Waals surface area contributed by atoms with Gasteiger partial charge in [-0.15, -0.1) is 0 Å². The monoisotopic (exact) mass is 867 g/mol. The van der Waals surface area contributed by atoms with Gasteiger partial charge in [0.2, 0.25) is 0 Å². The first-order valence-electron chi connectivity index (χ1n) is 17.1. The largest absolute Gasteiger partial charge is 0.322 e. The second kappa shape index (κ2) is 15.1. The number of hydrogen-bond donors (Lipinski definition) is 2. The number of aryl methyl sites for hydroxylation is 1. The van der Waals surface area contributed by atoms with Crippen molar-refractivity contribution in [2.75, 3.05) is 18.1 Å². The predicted molar refractivity (Wildman–Crippen MR) is 218 cm³/mol. The number of anilines is 4. The molecule has 2 amide bonds. The van der Waals surface area contributed by atoms with Gasteiger partial charge in [0.15, 0.2) is 0 Å². The van der Waals surface area contributed by atoms with Crippen LogP contribution >= 0.6 is 0 Å². The molecule has 59 heavy (non-hydrogen) atoms. The van der Waals surface area contributed by atoms with Crippen LogP contribution in [0.4, 0.5) is 22.7 Å². The fraction of sp³-hybridized carbons (Fsp3) is 0.0250. The smallest absolute Gasteiger partial charge is 0.279 e. The first-order chi connectivity index (χ1) is 28.0. The summed E-state index contributed by atoms with van der Waals surface area (Å²) in [5, 5.41) is 14.1. The van der Waals surface area contributed by atoms with Gasteiger partial charge < -0.3 is 10.6 Å². The van der Waals surface area contributed by atoms with Crippen molar-refractivity contribution in [1.82, 2.24) is 0 Å². The average molecular weight is 868 g/mol. The van der Waals surface area contributed by atoms with E-state index in [0.29, 0.717) is 35.5 Å². The molecular weight excluding hydrogens is 839 g/mol. The van der Waals surface area contributed by atoms with Gasteiger partial charge in [-0.05, 0) is 116 Å². The van der Waals surface area contributed by atoms with Gasteiger partial charge in [0, 0.05) is 22.5 Å². The highest BCUT2D eigenvalue weighted by atomic mass is 32.3. The summed E-state index contributed by atoms with van der Waals surface area (Å²) in [7, 11) is -17.0. The van der Waals surface area contributed by atoms with E-state index in [2.05, 4.69) is 10.6 Å². The summed E-state index contributed by atoms with van der Waals surface area (Å²) in [6.07, 6.45) is 0. The molecule has 0 aliphatic carbocycles. The van der Waals surface area contributed by atoms with E-state index in [1.54, 1.807) is 18.2 Å². The van der Waals surface area contributed by atoms with Crippen molar-refractivity contribution in [2.45, 2.75) is 26.5 Å². The first-order valence-corrected chi connectivity index (χ1v) is 22.9. The zero-order valence-corrected chi connectivity index (χ0v) is 33.7. The molecule has 19 heteroatoms. The molecule has 6 aromatic carbocycles. The van der Waals surface area contributed by atoms with E-state index >= 15 is 0 Å². The average Bonchev–Trinajstić information content (AvgIpc) is 3.49. The molecule has 2 N–H and O–H groups in total. The van der Waals surface area contributed by atoms with Crippen LogP contribution in [0.1, 0.15) is 31.8 Å². The normalized spacial score (nSPS) is 16.0. The minimum absolute atomic E-state index is 0.0326. The Balaban J connectivity index is 0.000000179. The number of hydrogen-bond acceptors (Lipinski definition) is 11. The summed E-state index contributed by atoms with van der Waals surface area (Å²) in [5.74, 6) is -0.753. The van der Waals surface area contributed by atoms with E-state index in [4.69, 9.17) is 5.26 Å². The second-order valence-electron chi connectivity index (χ2n) is 12.9. The lowest BCUT2D eigenvalue weighted by atomic mass is 10.1. The van der Waals surface area contributed by atoms with Crippen molar-refractivity contribution in [1.29, 1.82) is 5.26 Å². The molecule has 2 heterocycles. The Morgan fingerprint density at radius 2 is 0.847 bits per heavy atom. The van der Waals surface area contributed by atoms with Crippen molar-refractivity contribution >= 4 is 74.7 Å². The van der Waals surface area contributed by atoms with E-state index < -0.39 is 46.0 Å². The number of benzene rings is 6. The van der Waals surface area contributed by atoms with Crippen LogP contribution in [0, 0.1) is 18.3 Å². The number of nitrogens with one attached hydrogen (secondary N) is 2. The highest BCUT2D eigenvalue weighted by Crippen LogP contribution is 2.41. The number of carbonyl (C=O) groups excluding carboxylic acids is 2. The van der Waals surface area contributed by atoms with Crippen molar-refractivity contribution in [3.8, 4) is 6.07 Å². The van der Waals surface area contributed by atoms with E-state index in [9.17, 15) is 43.3 Å². The molecule has 2 aliphatic heterocycles. The lowest BCUT2D eigenvalue weighted by molar-refractivity contribution is 0.101. The quantitative estimate of drug-likeness (QED) is 0.202. The van der Waals surface area contributed by atoms with Gasteiger partial charge in [-0.3, -0.25) is 9.59 Å². The molecule has 2 aliphatic rings. The maximum absolute atomic E-state index is 12.8. The van der Waals surface area contributed by atoms with E-state index in [1.165, 1.54) is 121 Å². The van der Waals surface area contributed by atoms with Gasteiger partial charge in [-0.2, -0.15) is 46.4 Å². The lowest BCUT2D eigenvalue weighted by Gasteiger charge is -2.16. The van der Waals surface area contributed by atoms with Crippen molar-refractivity contribution in [3.05, 3.63) is 168 Å². The van der Waals surface area contributed by atoms with Crippen LogP contribution in [-0.2, 0) is 40.1 Å². The van der Waals surface area contributed by atoms with Crippen LogP contribution in [0.5, 0.6) is 0 Å². The molecule has 8 rings (SSSR count). The Labute approximate surface area is 340 Å². The SMILES string of the molecule is Cc1cccc(C(=O)Nc2ccc(N3S(=O)(=O)c4ccccc4S3(=O)=O)cc2)c1.N#Cc1ccc(C(=O)Nc2ccc(N3S(=O)(=O)c4ccccc4S3(=O)=O)cc2)cc1. The molecule has 0 radical (unpaired) electrons. The zero-order valence-electron chi connectivity index (χ0n) is 30.4. The lowest BCUT2D eigenvalue weighted by Crippen LogP contribution is -2.30. The summed E-state index contributed by atoms with van der Waals surface area (Å²) in [5.41, 5.74) is 2.83. The van der Waals surface area contributed by atoms with Crippen LogP contribution in [0.3, 0.4) is 0 Å². The molecule has 15 nitrogen and oxygen atoms in total. The van der Waals surface area contributed by atoms with Gasteiger partial charge in [-0.25, -0.2) is 0 Å². The number of fused-ring (bicyclic) bond motifs is 2. The van der Waals surface area contributed by atoms with Crippen molar-refractivity contribution in [3.63, 3.8) is 0 Å². The maximum Gasteiger partial charge on any atom is 0.279 e. The number of nitriles is 1. The van der Waals surface area contributed by atoms with Gasteiger partial charge in [0.05, 0.1) is 23.0 Å². The van der Waals surface area contributed by atoms with Gasteiger partial charge in [0.25, 0.3) is 51.9 Å². The zero-order chi connectivity index (χ0) is 42.3. The van der Waals surface area contributed by atoms with Gasteiger partial charge >= 0.3 is 0 Å². The standard InChI is InChI=1S/C20H13N3O5S2.C20H16N2O5S2/c21-13-14-5-7-15(8-6-14)20(24)22-16-9-11-17(12-10-16)23-29(25,26)18-3-1-2-4-19(18)30(23,27)28;1-14-5-4-6-15(13-14)20(23)21-16-9-11-17(12-10-16)22-28(24,25)18-7-2-3-8-19(18)29(22,26)27/h1-12H,(H,22,24);2-13H,1H3,(H,21,23). The summed E-state index contributed by atoms with van der Waals surface area (Å²) in [4.78, 5) is 23.6. The van der Waals surface area contributed by atoms with Crippen molar-refractivity contribution < 1.29 is 43.3 Å². The third-order valence-electron chi connectivity index (χ3n) is 8.91. The fourth-order valence-electron chi connectivity index (χ4n) is 6.15. The Morgan fingerprint density at radius 1 is 0.475 bits per heavy atom. The molecule has 0 spiro atoms. The van der Waals surface area contributed by atoms with Crippen molar-refractivity contribution in [2.24, 2.45) is 0 Å². The summed E-state index contributed by atoms with van der Waals surface area (Å²) < 4.78 is 103. The topological polar surface area (TPSA) is 225 Å². The number of nitrogens with zero attached hydrogens (tertiary/aromatic N) is 3. The third-order valence-corrected chi connectivity index (χ3v) is 17.8. The summed E-state index contributed by atoms with van der Waals surface area (Å²) >= 11 is 0. The van der Waals surface area contributed by atoms with Crippen LogP contribution in [0.15, 0.2) is 165 Å². The van der Waals surface area contributed by atoms with E-state index in [0.717, 1.165) is 5.56 Å². The number of amides is 2. The molecule has 298 valence electrons. The van der Waals surface area contributed by atoms with Crippen LogP contribution in [-0.4, -0.2) is 45.5 Å². The molecule has 0 saturated heterocycles. The van der Waals surface area contributed by atoms with Crippen LogP contribution in [0.25, 0.3) is 0 Å². The highest BCUT2D eigenvalue weighted by Gasteiger charge is 2.48. The Kier molecular flexibility index (Phi) is 10.4. The number of sulfonamides is 4. The summed E-state index contributed by atoms with van der Waals surface area (Å²) in [6, 6.07) is 36.9. The molecule has 0 saturated carbocycles. The summed E-state index contributed by atoms with van der Waals surface area (Å²) in [6.45, 7) is 1.88. The first kappa shape index (κ1) is 40.4. The Bertz CT molecular complexity index is 3060. The van der Waals surface area contributed by atoms with E-state index in [-0.39, 0.29) is 36.9 Å². The fourth-order valence-corrected chi connectivity index (χ4v) is 15.0. The minimum atomic E-state index is -4.26. The molecule has 0 fully saturated rings. The number of carbonyl (C=O) groups is 2. The Morgan fingerprint density at radius 3 is 1.20 bits per heavy atom. The number of rotatable bonds is 6. The van der Waals surface area contributed by atoms with Crippen LogP contribution in [0.2, 0.25) is 0 Å². The molecule has 6 aromatic rings. The molecule has 0 unspecified atom stereocenters. The molecule has 0 bridgehead atoms. The predicted octanol–water partition coefficient (Wildman–Crippen LogP) is 5.85. The molecule has 0 atom stereocenters. The maximum atomic E-state index is 12.8. The highest BCUT2D eigenvalue weighted by molar-refractivity contribution is 8.13. The van der Waals surface area contributed by atoms with Gasteiger partial charge in [0.1, 0.15) is 19.6 Å². The molecule has 0 aromatic heterocycles. The third kappa shape index (κ3) is 7.41. The second-order valence-corrected chi connectivity index (χ2v) is 20.4. The Hall–Kier alpha value is -6.85.